The van der Waals surface area contributed by atoms with Crippen LogP contribution in [-0.4, -0.2) is 20.0 Å². The molecule has 1 heterocycles. The van der Waals surface area contributed by atoms with Crippen LogP contribution in [0.25, 0.3) is 0 Å². The second-order valence-corrected chi connectivity index (χ2v) is 9.76. The second kappa shape index (κ2) is 7.73. The molecule has 1 saturated carbocycles. The van der Waals surface area contributed by atoms with E-state index in [4.69, 9.17) is 5.26 Å². The van der Waals surface area contributed by atoms with Crippen LogP contribution in [-0.2, 0) is 25.8 Å². The summed E-state index contributed by atoms with van der Waals surface area (Å²) in [7, 11) is -3.56. The lowest BCUT2D eigenvalue weighted by Gasteiger charge is -2.35. The van der Waals surface area contributed by atoms with E-state index >= 15 is 0 Å². The maximum Gasteiger partial charge on any atom is 0.161 e. The van der Waals surface area contributed by atoms with Crippen molar-refractivity contribution < 1.29 is 13.2 Å². The molecule has 1 aromatic carbocycles. The van der Waals surface area contributed by atoms with Gasteiger partial charge < -0.3 is 0 Å². The van der Waals surface area contributed by atoms with Crippen molar-refractivity contribution in [3.63, 3.8) is 0 Å². The second-order valence-electron chi connectivity index (χ2n) is 6.92. The fourth-order valence-electron chi connectivity index (χ4n) is 3.74. The summed E-state index contributed by atoms with van der Waals surface area (Å²) in [5.41, 5.74) is 1.42. The van der Waals surface area contributed by atoms with Gasteiger partial charge in [0, 0.05) is 0 Å². The third-order valence-electron chi connectivity index (χ3n) is 5.14. The zero-order chi connectivity index (χ0) is 18.6. The molecule has 1 aromatic heterocycles. The van der Waals surface area contributed by atoms with Gasteiger partial charge in [0.1, 0.15) is 5.75 Å². The number of Topliss-reactive ketones (excluding diaryl/α,β-unsaturated/α-hetero) is 1. The molecule has 0 unspecified atom stereocenters. The first-order valence-electron chi connectivity index (χ1n) is 8.71. The lowest BCUT2D eigenvalue weighted by atomic mass is 9.68. The average Bonchev–Trinajstić information content (AvgIpc) is 3.17. The molecule has 4 nitrogen and oxygen atoms in total. The number of thiophene rings is 1. The summed E-state index contributed by atoms with van der Waals surface area (Å²) in [6.07, 6.45) is 4.47. The van der Waals surface area contributed by atoms with Crippen molar-refractivity contribution in [2.24, 2.45) is 0 Å². The molecular formula is C20H21NO3S2. The Morgan fingerprint density at radius 1 is 1.12 bits per heavy atom. The first-order valence-corrected chi connectivity index (χ1v) is 11.5. The van der Waals surface area contributed by atoms with Crippen molar-refractivity contribution in [3.8, 4) is 6.07 Å². The fourth-order valence-corrected chi connectivity index (χ4v) is 5.97. The molecule has 1 aliphatic carbocycles. The van der Waals surface area contributed by atoms with E-state index in [0.717, 1.165) is 37.7 Å². The van der Waals surface area contributed by atoms with Crippen LogP contribution in [0.3, 0.4) is 0 Å². The Balaban J connectivity index is 1.78. The van der Waals surface area contributed by atoms with Gasteiger partial charge in [0.2, 0.25) is 0 Å². The van der Waals surface area contributed by atoms with E-state index in [0.29, 0.717) is 11.1 Å². The Labute approximate surface area is 158 Å². The number of nitriles is 1. The predicted molar refractivity (Wildman–Crippen MR) is 103 cm³/mol. The van der Waals surface area contributed by atoms with Gasteiger partial charge in [0.05, 0.1) is 22.8 Å². The van der Waals surface area contributed by atoms with Gasteiger partial charge in [-0.2, -0.15) is 16.6 Å². The van der Waals surface area contributed by atoms with Crippen LogP contribution >= 0.6 is 11.3 Å². The maximum atomic E-state index is 13.1. The highest BCUT2D eigenvalue weighted by atomic mass is 32.2. The highest BCUT2D eigenvalue weighted by Crippen LogP contribution is 2.41. The number of hydrogen-bond acceptors (Lipinski definition) is 5. The number of carbonyl (C=O) groups excluding carboxylic acids is 1. The van der Waals surface area contributed by atoms with Crippen molar-refractivity contribution >= 4 is 27.0 Å². The quantitative estimate of drug-likeness (QED) is 0.751. The van der Waals surface area contributed by atoms with E-state index in [9.17, 15) is 13.2 Å². The zero-order valence-corrected chi connectivity index (χ0v) is 16.1. The summed E-state index contributed by atoms with van der Waals surface area (Å²) in [5, 5.41) is 12.8. The lowest BCUT2D eigenvalue weighted by molar-refractivity contribution is -0.123. The summed E-state index contributed by atoms with van der Waals surface area (Å²) < 4.78 is 25.3. The number of benzene rings is 1. The van der Waals surface area contributed by atoms with Gasteiger partial charge in [0.25, 0.3) is 0 Å². The molecule has 2 aromatic rings. The Morgan fingerprint density at radius 2 is 1.81 bits per heavy atom. The first kappa shape index (κ1) is 18.8. The van der Waals surface area contributed by atoms with Gasteiger partial charge in [0.15, 0.2) is 15.6 Å². The maximum absolute atomic E-state index is 13.1. The van der Waals surface area contributed by atoms with Gasteiger partial charge in [-0.25, -0.2) is 8.42 Å². The number of sulfone groups is 1. The van der Waals surface area contributed by atoms with Crippen LogP contribution in [0.5, 0.6) is 0 Å². The van der Waals surface area contributed by atoms with Gasteiger partial charge in [-0.1, -0.05) is 31.4 Å². The minimum atomic E-state index is -3.56. The smallest absolute Gasteiger partial charge is 0.161 e. The van der Waals surface area contributed by atoms with Crippen LogP contribution in [0.2, 0.25) is 0 Å². The fraction of sp³-hybridized carbons (Fsp3) is 0.400. The van der Waals surface area contributed by atoms with Crippen LogP contribution in [0.4, 0.5) is 0 Å². The largest absolute Gasteiger partial charge is 0.298 e. The molecule has 0 saturated heterocycles. The van der Waals surface area contributed by atoms with Crippen LogP contribution in [0, 0.1) is 11.3 Å². The van der Waals surface area contributed by atoms with Crippen molar-refractivity contribution in [1.29, 1.82) is 5.26 Å². The summed E-state index contributed by atoms with van der Waals surface area (Å²) in [6.45, 7) is 0. The molecule has 0 atom stereocenters. The minimum Gasteiger partial charge on any atom is -0.298 e. The van der Waals surface area contributed by atoms with Crippen molar-refractivity contribution in [2.45, 2.75) is 43.3 Å². The summed E-state index contributed by atoms with van der Waals surface area (Å²) in [5.74, 6) is -0.781. The SMILES string of the molecule is N#Cc1ccc(CS(=O)(=O)CC(=O)C2(c3ccsc3)CCCCC2)cc1. The molecule has 6 heteroatoms. The Bertz CT molecular complexity index is 901. The highest BCUT2D eigenvalue weighted by molar-refractivity contribution is 7.91. The number of nitrogens with zero attached hydrogens (tertiary/aromatic N) is 1. The molecule has 0 radical (unpaired) electrons. The molecule has 3 rings (SSSR count). The standard InChI is InChI=1S/C20H21NO3S2/c21-12-16-4-6-17(7-5-16)14-26(23,24)15-19(22)20(9-2-1-3-10-20)18-8-11-25-13-18/h4-8,11,13H,1-3,9-10,14-15H2. The summed E-state index contributed by atoms with van der Waals surface area (Å²) in [4.78, 5) is 13.1. The van der Waals surface area contributed by atoms with Crippen molar-refractivity contribution in [3.05, 3.63) is 57.8 Å². The van der Waals surface area contributed by atoms with Crippen molar-refractivity contribution in [2.75, 3.05) is 5.75 Å². The van der Waals surface area contributed by atoms with Crippen LogP contribution < -0.4 is 0 Å². The molecule has 0 amide bonds. The van der Waals surface area contributed by atoms with Gasteiger partial charge in [-0.3, -0.25) is 4.79 Å². The van der Waals surface area contributed by atoms with E-state index in [1.54, 1.807) is 35.6 Å². The van der Waals surface area contributed by atoms with E-state index in [-0.39, 0.29) is 11.5 Å². The van der Waals surface area contributed by atoms with Gasteiger partial charge in [-0.05, 0) is 52.9 Å². The van der Waals surface area contributed by atoms with Gasteiger partial charge in [-0.15, -0.1) is 0 Å². The molecule has 26 heavy (non-hydrogen) atoms. The Kier molecular flexibility index (Phi) is 5.59. The number of ketones is 1. The average molecular weight is 388 g/mol. The van der Waals surface area contributed by atoms with Crippen LogP contribution in [0.15, 0.2) is 41.1 Å². The Hall–Kier alpha value is -1.97. The summed E-state index contributed by atoms with van der Waals surface area (Å²) >= 11 is 1.55. The Morgan fingerprint density at radius 3 is 2.38 bits per heavy atom. The molecule has 136 valence electrons. The molecule has 0 N–H and O–H groups in total. The van der Waals surface area contributed by atoms with E-state index in [1.165, 1.54) is 0 Å². The van der Waals surface area contributed by atoms with E-state index in [1.807, 2.05) is 22.9 Å². The molecule has 0 aliphatic heterocycles. The molecule has 0 spiro atoms. The minimum absolute atomic E-state index is 0.176. The zero-order valence-electron chi connectivity index (χ0n) is 14.5. The highest BCUT2D eigenvalue weighted by Gasteiger charge is 2.42. The molecule has 1 fully saturated rings. The topological polar surface area (TPSA) is 75.0 Å². The summed E-state index contributed by atoms with van der Waals surface area (Å²) in [6, 6.07) is 10.4. The number of hydrogen-bond donors (Lipinski definition) is 0. The van der Waals surface area contributed by atoms with Crippen LogP contribution in [0.1, 0.15) is 48.8 Å². The third kappa shape index (κ3) is 4.05. The molecule has 1 aliphatic rings. The lowest BCUT2D eigenvalue weighted by Crippen LogP contribution is -2.41. The molecule has 0 bridgehead atoms. The predicted octanol–water partition coefficient (Wildman–Crippen LogP) is 4.01. The van der Waals surface area contributed by atoms with Crippen molar-refractivity contribution in [1.82, 2.24) is 0 Å². The normalized spacial score (nSPS) is 16.7. The number of carbonyl (C=O) groups is 1. The first-order chi connectivity index (χ1) is 12.5. The number of rotatable bonds is 6. The van der Waals surface area contributed by atoms with Gasteiger partial charge >= 0.3 is 0 Å². The monoisotopic (exact) mass is 387 g/mol. The van der Waals surface area contributed by atoms with E-state index in [2.05, 4.69) is 0 Å². The van der Waals surface area contributed by atoms with E-state index < -0.39 is 21.0 Å². The third-order valence-corrected chi connectivity index (χ3v) is 7.29. The molecular weight excluding hydrogens is 366 g/mol.